The van der Waals surface area contributed by atoms with Gasteiger partial charge in [0.25, 0.3) is 0 Å². The van der Waals surface area contributed by atoms with E-state index in [-0.39, 0.29) is 6.54 Å². The fourth-order valence-electron chi connectivity index (χ4n) is 0.805. The Balaban J connectivity index is 2.55. The second kappa shape index (κ2) is 4.66. The Bertz CT molecular complexity index is 405. The smallest absolute Gasteiger partial charge is 0.290 e. The van der Waals surface area contributed by atoms with Crippen LogP contribution in [0.4, 0.5) is 4.79 Å². The van der Waals surface area contributed by atoms with Crippen molar-refractivity contribution >= 4 is 23.9 Å². The lowest BCUT2D eigenvalue weighted by molar-refractivity contribution is -0.118. The summed E-state index contributed by atoms with van der Waals surface area (Å²) in [5.41, 5.74) is 0. The van der Waals surface area contributed by atoms with Crippen LogP contribution in [0.5, 0.6) is 0 Å². The lowest BCUT2D eigenvalue weighted by Crippen LogP contribution is -2.24. The predicted molar refractivity (Wildman–Crippen MR) is 49.5 cm³/mol. The molecule has 0 spiro atoms. The average Bonchev–Trinajstić information content (AvgIpc) is 2.51. The van der Waals surface area contributed by atoms with Crippen molar-refractivity contribution in [2.75, 3.05) is 6.54 Å². The highest BCUT2D eigenvalue weighted by molar-refractivity contribution is 6.32. The average molecular weight is 206 g/mol. The van der Waals surface area contributed by atoms with Crippen molar-refractivity contribution in [3.63, 3.8) is 0 Å². The first kappa shape index (κ1) is 10.6. The highest BCUT2D eigenvalue weighted by atomic mass is 16.2. The third-order valence-electron chi connectivity index (χ3n) is 1.41. The van der Waals surface area contributed by atoms with Crippen LogP contribution in [0, 0.1) is 6.57 Å². The Morgan fingerprint density at radius 1 is 1.60 bits per heavy atom. The second-order valence-electron chi connectivity index (χ2n) is 2.50. The minimum absolute atomic E-state index is 0.199. The van der Waals surface area contributed by atoms with Gasteiger partial charge in [0, 0.05) is 0 Å². The van der Waals surface area contributed by atoms with Crippen LogP contribution in [0.2, 0.25) is 0 Å². The first-order chi connectivity index (χ1) is 7.13. The summed E-state index contributed by atoms with van der Waals surface area (Å²) in [4.78, 5) is 35.4. The molecular weight excluding hydrogens is 200 g/mol. The van der Waals surface area contributed by atoms with Gasteiger partial charge in [-0.05, 0) is 6.08 Å². The van der Waals surface area contributed by atoms with Gasteiger partial charge in [-0.15, -0.1) is 0 Å². The van der Waals surface area contributed by atoms with E-state index in [2.05, 4.69) is 9.95 Å². The summed E-state index contributed by atoms with van der Waals surface area (Å²) in [6.45, 7) is 6.18. The van der Waals surface area contributed by atoms with E-state index < -0.39 is 17.7 Å². The predicted octanol–water partition coefficient (Wildman–Crippen LogP) is -0.474. The Morgan fingerprint density at radius 2 is 2.33 bits per heavy atom. The molecule has 0 unspecified atom stereocenters. The van der Waals surface area contributed by atoms with Crippen molar-refractivity contribution in [3.8, 4) is 0 Å². The number of allylic oxidation sites excluding steroid dienone is 1. The minimum Gasteiger partial charge on any atom is -0.290 e. The summed E-state index contributed by atoms with van der Waals surface area (Å²) >= 11 is 0. The number of nitrogens with zero attached hydrogens (tertiary/aromatic N) is 3. The molecule has 0 aromatic heterocycles. The van der Waals surface area contributed by atoms with Crippen LogP contribution in [0.1, 0.15) is 0 Å². The molecule has 0 radical (unpaired) electrons. The van der Waals surface area contributed by atoms with E-state index in [0.717, 1.165) is 23.5 Å². The number of imide groups is 1. The molecule has 1 aliphatic rings. The molecule has 1 saturated heterocycles. The molecule has 7 heteroatoms. The normalized spacial score (nSPS) is 16.1. The zero-order valence-corrected chi connectivity index (χ0v) is 7.51. The number of urea groups is 1. The highest BCUT2D eigenvalue weighted by Gasteiger charge is 2.25. The topological polar surface area (TPSA) is 83.2 Å². The molecule has 0 bridgehead atoms. The van der Waals surface area contributed by atoms with Crippen molar-refractivity contribution in [1.82, 2.24) is 10.3 Å². The van der Waals surface area contributed by atoms with Gasteiger partial charge in [-0.1, -0.05) is 0 Å². The fraction of sp³-hybridized carbons (Fsp3) is 0.125. The maximum atomic E-state index is 10.9. The van der Waals surface area contributed by atoms with Crippen LogP contribution in [0.15, 0.2) is 17.4 Å². The molecule has 1 N–H and O–H groups in total. The summed E-state index contributed by atoms with van der Waals surface area (Å²) in [6.07, 6.45) is 2.84. The molecule has 1 heterocycles. The number of nitrogens with one attached hydrogen (secondary N) is 1. The number of hydrogen-bond donors (Lipinski definition) is 1. The zero-order valence-electron chi connectivity index (χ0n) is 7.51. The number of carbonyl (C=O) groups is 3. The number of carbonyl (C=O) groups excluding carboxylic acids is 3. The van der Waals surface area contributed by atoms with Crippen molar-refractivity contribution in [1.29, 1.82) is 0 Å². The molecule has 76 valence electrons. The molecular formula is C8H6N4O3. The molecule has 1 rings (SSSR count). The molecule has 0 aromatic carbocycles. The number of hydrogen-bond acceptors (Lipinski definition) is 4. The van der Waals surface area contributed by atoms with Crippen LogP contribution in [-0.4, -0.2) is 35.5 Å². The lowest BCUT2D eigenvalue weighted by Gasteiger charge is -2.02. The first-order valence-electron chi connectivity index (χ1n) is 3.86. The summed E-state index contributed by atoms with van der Waals surface area (Å²) in [5.74, 6) is -1.00. The maximum Gasteiger partial charge on any atom is 0.344 e. The molecule has 0 aromatic rings. The van der Waals surface area contributed by atoms with Gasteiger partial charge in [-0.3, -0.25) is 14.9 Å². The Hall–Kier alpha value is -2.49. The van der Waals surface area contributed by atoms with Crippen molar-refractivity contribution in [2.45, 2.75) is 0 Å². The number of rotatable bonds is 3. The standard InChI is InChI=1S/C8H6N4O3/c1-9-3-2-6(13)4-10-12-5-7(14)11-8(12)15/h2-4H,5H2,(H,11,14,15)/b3-2?,10-4-. The van der Waals surface area contributed by atoms with Crippen LogP contribution in [0.25, 0.3) is 4.85 Å². The van der Waals surface area contributed by atoms with Crippen molar-refractivity contribution in [2.24, 2.45) is 5.10 Å². The third-order valence-corrected chi connectivity index (χ3v) is 1.41. The molecule has 3 amide bonds. The van der Waals surface area contributed by atoms with E-state index >= 15 is 0 Å². The monoisotopic (exact) mass is 206 g/mol. The number of ketones is 1. The maximum absolute atomic E-state index is 10.9. The zero-order chi connectivity index (χ0) is 11.3. The largest absolute Gasteiger partial charge is 0.344 e. The summed E-state index contributed by atoms with van der Waals surface area (Å²) in [6, 6.07) is -0.668. The molecule has 0 aliphatic carbocycles. The van der Waals surface area contributed by atoms with Gasteiger partial charge in [0.2, 0.25) is 5.91 Å². The summed E-state index contributed by atoms with van der Waals surface area (Å²) in [5, 5.41) is 6.29. The number of hydrazone groups is 1. The summed E-state index contributed by atoms with van der Waals surface area (Å²) in [7, 11) is 0. The lowest BCUT2D eigenvalue weighted by atomic mass is 10.4. The van der Waals surface area contributed by atoms with Crippen molar-refractivity contribution < 1.29 is 14.4 Å². The van der Waals surface area contributed by atoms with Gasteiger partial charge in [-0.2, -0.15) is 5.10 Å². The second-order valence-corrected chi connectivity index (χ2v) is 2.50. The van der Waals surface area contributed by atoms with E-state index in [1.54, 1.807) is 0 Å². The van der Waals surface area contributed by atoms with Gasteiger partial charge in [0.15, 0.2) is 12.0 Å². The van der Waals surface area contributed by atoms with Crippen LogP contribution < -0.4 is 5.32 Å². The number of amides is 3. The van der Waals surface area contributed by atoms with Gasteiger partial charge < -0.3 is 0 Å². The molecule has 0 saturated carbocycles. The molecule has 0 atom stereocenters. The quantitative estimate of drug-likeness (QED) is 0.293. The third kappa shape index (κ3) is 3.04. The van der Waals surface area contributed by atoms with E-state index in [1.807, 2.05) is 5.32 Å². The fourth-order valence-corrected chi connectivity index (χ4v) is 0.805. The van der Waals surface area contributed by atoms with Crippen molar-refractivity contribution in [3.05, 3.63) is 23.7 Å². The Morgan fingerprint density at radius 3 is 2.87 bits per heavy atom. The SMILES string of the molecule is [C-]#[N+]C=CC(=O)/C=N\N1CC(=O)NC1=O. The van der Waals surface area contributed by atoms with Gasteiger partial charge in [0.1, 0.15) is 6.54 Å². The van der Waals surface area contributed by atoms with Crippen LogP contribution in [-0.2, 0) is 9.59 Å². The Labute approximate surface area is 84.9 Å². The first-order valence-corrected chi connectivity index (χ1v) is 3.86. The molecule has 15 heavy (non-hydrogen) atoms. The van der Waals surface area contributed by atoms with Gasteiger partial charge in [0.05, 0.1) is 12.8 Å². The van der Waals surface area contributed by atoms with E-state index in [9.17, 15) is 14.4 Å². The molecule has 1 fully saturated rings. The minimum atomic E-state index is -0.668. The van der Waals surface area contributed by atoms with Gasteiger partial charge in [-0.25, -0.2) is 14.6 Å². The molecule has 7 nitrogen and oxygen atoms in total. The van der Waals surface area contributed by atoms with E-state index in [1.165, 1.54) is 0 Å². The highest BCUT2D eigenvalue weighted by Crippen LogP contribution is 1.97. The Kier molecular flexibility index (Phi) is 3.29. The van der Waals surface area contributed by atoms with Crippen LogP contribution in [0.3, 0.4) is 0 Å². The summed E-state index contributed by atoms with van der Waals surface area (Å²) < 4.78 is 0. The van der Waals surface area contributed by atoms with Gasteiger partial charge >= 0.3 is 6.03 Å². The molecule has 1 aliphatic heterocycles. The van der Waals surface area contributed by atoms with E-state index in [0.29, 0.717) is 0 Å². The van der Waals surface area contributed by atoms with E-state index in [4.69, 9.17) is 6.57 Å². The van der Waals surface area contributed by atoms with Crippen LogP contribution >= 0.6 is 0 Å².